The number of rotatable bonds is 4. The zero-order chi connectivity index (χ0) is 17.1. The Morgan fingerprint density at radius 1 is 1.38 bits per heavy atom. The van der Waals surface area contributed by atoms with Crippen molar-refractivity contribution in [3.63, 3.8) is 0 Å². The van der Waals surface area contributed by atoms with Gasteiger partial charge in [-0.2, -0.15) is 5.10 Å². The van der Waals surface area contributed by atoms with Gasteiger partial charge in [-0.1, -0.05) is 0 Å². The number of aryl methyl sites for hydroxylation is 1. The molecule has 24 heavy (non-hydrogen) atoms. The minimum atomic E-state index is -0.919. The minimum absolute atomic E-state index is 0.00438. The molecule has 1 amide bonds. The van der Waals surface area contributed by atoms with Crippen LogP contribution in [0.25, 0.3) is 0 Å². The van der Waals surface area contributed by atoms with Crippen molar-refractivity contribution in [2.24, 2.45) is 0 Å². The van der Waals surface area contributed by atoms with Crippen molar-refractivity contribution in [2.75, 3.05) is 13.1 Å². The summed E-state index contributed by atoms with van der Waals surface area (Å²) in [5, 5.41) is 13.2. The number of hydrogen-bond donors (Lipinski definition) is 1. The number of aliphatic carboxylic acids is 1. The van der Waals surface area contributed by atoms with Crippen LogP contribution in [0.4, 0.5) is 0 Å². The SMILES string of the molecule is Cc1ncccc1C(=O)N1CCC[C@H](c2ccn(CC(=O)O)n2)C1. The molecule has 1 aliphatic heterocycles. The van der Waals surface area contributed by atoms with Gasteiger partial charge in [0.05, 0.1) is 11.3 Å². The number of carbonyl (C=O) groups is 2. The van der Waals surface area contributed by atoms with Gasteiger partial charge in [-0.25, -0.2) is 0 Å². The molecule has 126 valence electrons. The molecule has 0 radical (unpaired) electrons. The maximum atomic E-state index is 12.7. The number of piperidine rings is 1. The summed E-state index contributed by atoms with van der Waals surface area (Å²) in [6.45, 7) is 3.00. The van der Waals surface area contributed by atoms with Crippen LogP contribution < -0.4 is 0 Å². The lowest BCUT2D eigenvalue weighted by molar-refractivity contribution is -0.137. The standard InChI is InChI=1S/C17H20N4O3/c1-12-14(5-2-7-18-12)17(24)20-8-3-4-13(10-20)15-6-9-21(19-15)11-16(22)23/h2,5-7,9,13H,3-4,8,10-11H2,1H3,(H,22,23)/t13-/m0/s1. The van der Waals surface area contributed by atoms with Crippen molar-refractivity contribution in [1.82, 2.24) is 19.7 Å². The Kier molecular flexibility index (Phi) is 4.59. The van der Waals surface area contributed by atoms with Gasteiger partial charge in [0, 0.05) is 37.1 Å². The van der Waals surface area contributed by atoms with Crippen LogP contribution >= 0.6 is 0 Å². The molecular formula is C17H20N4O3. The first-order valence-corrected chi connectivity index (χ1v) is 8.00. The van der Waals surface area contributed by atoms with E-state index in [0.717, 1.165) is 30.8 Å². The van der Waals surface area contributed by atoms with E-state index >= 15 is 0 Å². The summed E-state index contributed by atoms with van der Waals surface area (Å²) in [6, 6.07) is 5.42. The molecule has 1 N–H and O–H groups in total. The van der Waals surface area contributed by atoms with E-state index in [9.17, 15) is 9.59 Å². The van der Waals surface area contributed by atoms with Crippen LogP contribution in [0, 0.1) is 6.92 Å². The number of carboxylic acid groups (broad SMARTS) is 1. The fraction of sp³-hybridized carbons (Fsp3) is 0.412. The zero-order valence-corrected chi connectivity index (χ0v) is 13.6. The molecule has 1 fully saturated rings. The topological polar surface area (TPSA) is 88.3 Å². The van der Waals surface area contributed by atoms with Gasteiger partial charge in [0.25, 0.3) is 5.91 Å². The Hall–Kier alpha value is -2.70. The predicted molar refractivity (Wildman–Crippen MR) is 86.7 cm³/mol. The Bertz CT molecular complexity index is 756. The smallest absolute Gasteiger partial charge is 0.325 e. The average Bonchev–Trinajstić information content (AvgIpc) is 3.02. The molecule has 0 aromatic carbocycles. The van der Waals surface area contributed by atoms with Gasteiger partial charge in [-0.15, -0.1) is 0 Å². The summed E-state index contributed by atoms with van der Waals surface area (Å²) < 4.78 is 1.42. The van der Waals surface area contributed by atoms with Crippen molar-refractivity contribution in [2.45, 2.75) is 32.2 Å². The largest absolute Gasteiger partial charge is 0.480 e. The van der Waals surface area contributed by atoms with Gasteiger partial charge < -0.3 is 10.0 Å². The Labute approximate surface area is 139 Å². The van der Waals surface area contributed by atoms with Gasteiger partial charge in [-0.3, -0.25) is 19.3 Å². The molecule has 7 nitrogen and oxygen atoms in total. The third kappa shape index (κ3) is 3.45. The second-order valence-electron chi connectivity index (χ2n) is 6.06. The van der Waals surface area contributed by atoms with E-state index in [1.807, 2.05) is 17.9 Å². The maximum absolute atomic E-state index is 12.7. The zero-order valence-electron chi connectivity index (χ0n) is 13.6. The number of carbonyl (C=O) groups excluding carboxylic acids is 1. The normalized spacial score (nSPS) is 17.7. The minimum Gasteiger partial charge on any atom is -0.480 e. The van der Waals surface area contributed by atoms with E-state index < -0.39 is 5.97 Å². The highest BCUT2D eigenvalue weighted by Gasteiger charge is 2.27. The lowest BCUT2D eigenvalue weighted by atomic mass is 9.94. The first-order chi connectivity index (χ1) is 11.5. The summed E-state index contributed by atoms with van der Waals surface area (Å²) in [5.74, 6) is -0.790. The number of hydrogen-bond acceptors (Lipinski definition) is 4. The third-order valence-electron chi connectivity index (χ3n) is 4.32. The molecule has 0 saturated carbocycles. The molecule has 3 rings (SSSR count). The van der Waals surface area contributed by atoms with E-state index in [-0.39, 0.29) is 18.4 Å². The number of carboxylic acids is 1. The molecule has 1 saturated heterocycles. The summed E-state index contributed by atoms with van der Waals surface area (Å²) in [4.78, 5) is 29.5. The Balaban J connectivity index is 1.72. The molecule has 1 atom stereocenters. The molecule has 0 unspecified atom stereocenters. The van der Waals surface area contributed by atoms with Crippen molar-refractivity contribution in [3.8, 4) is 0 Å². The van der Waals surface area contributed by atoms with Crippen LogP contribution in [-0.4, -0.2) is 49.7 Å². The number of amides is 1. The van der Waals surface area contributed by atoms with Gasteiger partial charge in [0.2, 0.25) is 0 Å². The average molecular weight is 328 g/mol. The second kappa shape index (κ2) is 6.82. The highest BCUT2D eigenvalue weighted by atomic mass is 16.4. The fourth-order valence-corrected chi connectivity index (χ4v) is 3.11. The quantitative estimate of drug-likeness (QED) is 0.922. The lowest BCUT2D eigenvalue weighted by Gasteiger charge is -2.32. The molecular weight excluding hydrogens is 308 g/mol. The molecule has 0 bridgehead atoms. The molecule has 3 heterocycles. The lowest BCUT2D eigenvalue weighted by Crippen LogP contribution is -2.39. The van der Waals surface area contributed by atoms with Crippen LogP contribution in [0.15, 0.2) is 30.6 Å². The third-order valence-corrected chi connectivity index (χ3v) is 4.32. The van der Waals surface area contributed by atoms with Crippen molar-refractivity contribution >= 4 is 11.9 Å². The van der Waals surface area contributed by atoms with Crippen molar-refractivity contribution in [1.29, 1.82) is 0 Å². The number of nitrogens with zero attached hydrogens (tertiary/aromatic N) is 4. The predicted octanol–water partition coefficient (Wildman–Crippen LogP) is 1.69. The van der Waals surface area contributed by atoms with Crippen LogP contribution in [0.1, 0.15) is 40.5 Å². The Morgan fingerprint density at radius 3 is 2.96 bits per heavy atom. The number of aromatic nitrogens is 3. The summed E-state index contributed by atoms with van der Waals surface area (Å²) in [6.07, 6.45) is 5.21. The van der Waals surface area contributed by atoms with Crippen molar-refractivity contribution in [3.05, 3.63) is 47.5 Å². The molecule has 7 heteroatoms. The summed E-state index contributed by atoms with van der Waals surface area (Å²) in [5.41, 5.74) is 2.21. The maximum Gasteiger partial charge on any atom is 0.325 e. The van der Waals surface area contributed by atoms with Gasteiger partial charge >= 0.3 is 5.97 Å². The van der Waals surface area contributed by atoms with E-state index in [1.54, 1.807) is 24.5 Å². The number of pyridine rings is 1. The van der Waals surface area contributed by atoms with Gasteiger partial charge in [0.1, 0.15) is 6.54 Å². The fourth-order valence-electron chi connectivity index (χ4n) is 3.11. The van der Waals surface area contributed by atoms with Gasteiger partial charge in [0.15, 0.2) is 0 Å². The van der Waals surface area contributed by atoms with E-state index in [4.69, 9.17) is 5.11 Å². The van der Waals surface area contributed by atoms with Crippen LogP contribution in [0.3, 0.4) is 0 Å². The highest BCUT2D eigenvalue weighted by Crippen LogP contribution is 2.26. The van der Waals surface area contributed by atoms with E-state index in [1.165, 1.54) is 4.68 Å². The van der Waals surface area contributed by atoms with Crippen molar-refractivity contribution < 1.29 is 14.7 Å². The molecule has 2 aromatic rings. The van der Waals surface area contributed by atoms with Gasteiger partial charge in [-0.05, 0) is 38.0 Å². The second-order valence-corrected chi connectivity index (χ2v) is 6.06. The summed E-state index contributed by atoms with van der Waals surface area (Å²) >= 11 is 0. The monoisotopic (exact) mass is 328 g/mol. The molecule has 0 aliphatic carbocycles. The highest BCUT2D eigenvalue weighted by molar-refractivity contribution is 5.95. The Morgan fingerprint density at radius 2 is 2.21 bits per heavy atom. The summed E-state index contributed by atoms with van der Waals surface area (Å²) in [7, 11) is 0. The van der Waals surface area contributed by atoms with Crippen LogP contribution in [0.2, 0.25) is 0 Å². The van der Waals surface area contributed by atoms with Crippen LogP contribution in [0.5, 0.6) is 0 Å². The van der Waals surface area contributed by atoms with E-state index in [0.29, 0.717) is 12.1 Å². The number of likely N-dealkylation sites (tertiary alicyclic amines) is 1. The molecule has 2 aromatic heterocycles. The van der Waals surface area contributed by atoms with E-state index in [2.05, 4.69) is 10.1 Å². The molecule has 0 spiro atoms. The molecule has 1 aliphatic rings. The first kappa shape index (κ1) is 16.2. The van der Waals surface area contributed by atoms with Crippen LogP contribution in [-0.2, 0) is 11.3 Å². The first-order valence-electron chi connectivity index (χ1n) is 8.00.